The third-order valence-electron chi connectivity index (χ3n) is 2.57. The third kappa shape index (κ3) is 3.47. The first-order valence-corrected chi connectivity index (χ1v) is 6.66. The van der Waals surface area contributed by atoms with Crippen molar-refractivity contribution in [3.63, 3.8) is 0 Å². The van der Waals surface area contributed by atoms with Crippen molar-refractivity contribution in [1.82, 2.24) is 4.67 Å². The van der Waals surface area contributed by atoms with E-state index in [0.717, 1.165) is 12.5 Å². The molecule has 2 saturated heterocycles. The normalized spacial score (nSPS) is 34.9. The smallest absolute Gasteiger partial charge is 0.258 e. The Bertz CT molecular complexity index is 155. The first-order valence-electron chi connectivity index (χ1n) is 5.53. The maximum Gasteiger partial charge on any atom is 0.258 e. The molecular formula is C10H22NO2P. The second-order valence-electron chi connectivity index (χ2n) is 3.78. The first kappa shape index (κ1) is 12.4. The summed E-state index contributed by atoms with van der Waals surface area (Å²) in [5.41, 5.74) is 0. The Morgan fingerprint density at radius 1 is 1.43 bits per heavy atom. The molecule has 2 aliphatic rings. The number of hydrogen-bond donors (Lipinski definition) is 0. The second-order valence-corrected chi connectivity index (χ2v) is 5.45. The SMILES string of the molecule is CCCC.COP1OCC2CCN1C2. The second kappa shape index (κ2) is 6.73. The van der Waals surface area contributed by atoms with Crippen LogP contribution in [0.4, 0.5) is 0 Å². The van der Waals surface area contributed by atoms with E-state index in [0.29, 0.717) is 0 Å². The van der Waals surface area contributed by atoms with Gasteiger partial charge in [0.25, 0.3) is 8.53 Å². The molecule has 84 valence electrons. The molecule has 0 spiro atoms. The van der Waals surface area contributed by atoms with Crippen molar-refractivity contribution in [3.05, 3.63) is 0 Å². The topological polar surface area (TPSA) is 21.7 Å². The molecule has 2 bridgehead atoms. The van der Waals surface area contributed by atoms with Crippen LogP contribution in [-0.2, 0) is 9.05 Å². The van der Waals surface area contributed by atoms with Crippen molar-refractivity contribution in [3.8, 4) is 0 Å². The Morgan fingerprint density at radius 2 is 2.14 bits per heavy atom. The summed E-state index contributed by atoms with van der Waals surface area (Å²) in [6.07, 6.45) is 3.93. The van der Waals surface area contributed by atoms with Crippen molar-refractivity contribution in [2.24, 2.45) is 5.92 Å². The lowest BCUT2D eigenvalue weighted by Crippen LogP contribution is -2.23. The highest BCUT2D eigenvalue weighted by atomic mass is 31.2. The van der Waals surface area contributed by atoms with Gasteiger partial charge in [0, 0.05) is 20.2 Å². The zero-order valence-corrected chi connectivity index (χ0v) is 10.4. The van der Waals surface area contributed by atoms with Crippen LogP contribution in [-0.4, -0.2) is 31.5 Å². The van der Waals surface area contributed by atoms with E-state index < -0.39 is 8.53 Å². The lowest BCUT2D eigenvalue weighted by atomic mass is 10.1. The first-order chi connectivity index (χ1) is 6.81. The Labute approximate surface area is 88.7 Å². The van der Waals surface area contributed by atoms with E-state index in [-0.39, 0.29) is 0 Å². The van der Waals surface area contributed by atoms with Crippen LogP contribution >= 0.6 is 8.53 Å². The van der Waals surface area contributed by atoms with Gasteiger partial charge in [0.15, 0.2) is 0 Å². The summed E-state index contributed by atoms with van der Waals surface area (Å²) >= 11 is 0. The quantitative estimate of drug-likeness (QED) is 0.666. The van der Waals surface area contributed by atoms with Gasteiger partial charge in [0.1, 0.15) is 0 Å². The molecule has 0 saturated carbocycles. The van der Waals surface area contributed by atoms with E-state index in [2.05, 4.69) is 18.5 Å². The number of hydrogen-bond acceptors (Lipinski definition) is 3. The zero-order valence-electron chi connectivity index (χ0n) is 9.53. The lowest BCUT2D eigenvalue weighted by Gasteiger charge is -2.28. The average molecular weight is 219 g/mol. The molecule has 3 unspecified atom stereocenters. The maximum absolute atomic E-state index is 5.48. The van der Waals surface area contributed by atoms with Crippen LogP contribution < -0.4 is 0 Å². The molecule has 2 fully saturated rings. The number of unbranched alkanes of at least 4 members (excludes halogenated alkanes) is 1. The Morgan fingerprint density at radius 3 is 2.71 bits per heavy atom. The van der Waals surface area contributed by atoms with E-state index in [1.807, 2.05) is 0 Å². The van der Waals surface area contributed by atoms with Gasteiger partial charge in [0.05, 0.1) is 6.61 Å². The summed E-state index contributed by atoms with van der Waals surface area (Å²) < 4.78 is 13.0. The van der Waals surface area contributed by atoms with E-state index in [9.17, 15) is 0 Å². The highest BCUT2D eigenvalue weighted by Crippen LogP contribution is 2.49. The predicted octanol–water partition coefficient (Wildman–Crippen LogP) is 3.02. The van der Waals surface area contributed by atoms with Gasteiger partial charge in [0.2, 0.25) is 0 Å². The summed E-state index contributed by atoms with van der Waals surface area (Å²) in [6.45, 7) is 7.64. The van der Waals surface area contributed by atoms with Crippen molar-refractivity contribution in [1.29, 1.82) is 0 Å². The molecule has 0 aromatic carbocycles. The molecule has 4 heteroatoms. The molecule has 0 aromatic heterocycles. The van der Waals surface area contributed by atoms with E-state index in [1.165, 1.54) is 32.4 Å². The third-order valence-corrected chi connectivity index (χ3v) is 4.08. The molecule has 0 aromatic rings. The molecule has 0 radical (unpaired) electrons. The summed E-state index contributed by atoms with van der Waals surface area (Å²) in [7, 11) is 1.07. The van der Waals surface area contributed by atoms with Crippen LogP contribution in [0.3, 0.4) is 0 Å². The zero-order chi connectivity index (χ0) is 10.4. The van der Waals surface area contributed by atoms with Crippen LogP contribution in [0.5, 0.6) is 0 Å². The fourth-order valence-electron chi connectivity index (χ4n) is 1.52. The van der Waals surface area contributed by atoms with Crippen molar-refractivity contribution in [2.45, 2.75) is 33.1 Å². The predicted molar refractivity (Wildman–Crippen MR) is 60.1 cm³/mol. The van der Waals surface area contributed by atoms with Crippen LogP contribution in [0.15, 0.2) is 0 Å². The highest BCUT2D eigenvalue weighted by molar-refractivity contribution is 7.44. The molecule has 0 N–H and O–H groups in total. The highest BCUT2D eigenvalue weighted by Gasteiger charge is 2.35. The van der Waals surface area contributed by atoms with Crippen LogP contribution in [0.2, 0.25) is 0 Å². The van der Waals surface area contributed by atoms with Gasteiger partial charge in [-0.3, -0.25) is 0 Å². The molecule has 3 nitrogen and oxygen atoms in total. The fraction of sp³-hybridized carbons (Fsp3) is 1.00. The largest absolute Gasteiger partial charge is 0.325 e. The monoisotopic (exact) mass is 219 g/mol. The van der Waals surface area contributed by atoms with Gasteiger partial charge in [-0.05, 0) is 12.3 Å². The van der Waals surface area contributed by atoms with Gasteiger partial charge in [-0.15, -0.1) is 0 Å². The molecular weight excluding hydrogens is 197 g/mol. The van der Waals surface area contributed by atoms with Crippen molar-refractivity contribution >= 4 is 8.53 Å². The van der Waals surface area contributed by atoms with Crippen LogP contribution in [0, 0.1) is 5.92 Å². The minimum Gasteiger partial charge on any atom is -0.325 e. The van der Waals surface area contributed by atoms with Crippen LogP contribution in [0.25, 0.3) is 0 Å². The van der Waals surface area contributed by atoms with Gasteiger partial charge in [-0.25, -0.2) is 4.67 Å². The molecule has 2 rings (SSSR count). The number of nitrogens with zero attached hydrogens (tertiary/aromatic N) is 1. The molecule has 0 aliphatic carbocycles. The van der Waals surface area contributed by atoms with Gasteiger partial charge in [-0.1, -0.05) is 26.7 Å². The Kier molecular flexibility index (Phi) is 5.95. The number of rotatable bonds is 2. The summed E-state index contributed by atoms with van der Waals surface area (Å²) in [6, 6.07) is 0. The Hall–Kier alpha value is 0.310. The Balaban J connectivity index is 0.000000213. The number of fused-ring (bicyclic) bond motifs is 2. The van der Waals surface area contributed by atoms with E-state index in [1.54, 1.807) is 7.11 Å². The van der Waals surface area contributed by atoms with Crippen molar-refractivity contribution in [2.75, 3.05) is 26.8 Å². The minimum absolute atomic E-state index is 0.658. The molecule has 2 heterocycles. The van der Waals surface area contributed by atoms with E-state index in [4.69, 9.17) is 9.05 Å². The fourth-order valence-corrected chi connectivity index (χ4v) is 3.00. The summed E-state index contributed by atoms with van der Waals surface area (Å²) in [5, 5.41) is 0. The lowest BCUT2D eigenvalue weighted by molar-refractivity contribution is 0.183. The maximum atomic E-state index is 5.48. The molecule has 0 amide bonds. The standard InChI is InChI=1S/C6H12NO2P.C4H10/c1-8-10-7-3-2-6(4-7)5-9-10;1-3-4-2/h6H,2-5H2,1H3;3-4H2,1-2H3. The van der Waals surface area contributed by atoms with Crippen LogP contribution in [0.1, 0.15) is 33.1 Å². The molecule has 2 aliphatic heterocycles. The van der Waals surface area contributed by atoms with E-state index >= 15 is 0 Å². The summed E-state index contributed by atoms with van der Waals surface area (Å²) in [5.74, 6) is 0.786. The average Bonchev–Trinajstić information content (AvgIpc) is 2.62. The minimum atomic E-state index is -0.658. The van der Waals surface area contributed by atoms with Gasteiger partial charge >= 0.3 is 0 Å². The molecule has 14 heavy (non-hydrogen) atoms. The van der Waals surface area contributed by atoms with Gasteiger partial charge < -0.3 is 9.05 Å². The molecule has 3 atom stereocenters. The van der Waals surface area contributed by atoms with Gasteiger partial charge in [-0.2, -0.15) is 0 Å². The van der Waals surface area contributed by atoms with Crippen molar-refractivity contribution < 1.29 is 9.05 Å². The summed E-state index contributed by atoms with van der Waals surface area (Å²) in [4.78, 5) is 0.